The molecule has 1 aliphatic carbocycles. The van der Waals surface area contributed by atoms with Crippen LogP contribution in [-0.4, -0.2) is 17.1 Å². The summed E-state index contributed by atoms with van der Waals surface area (Å²) in [4.78, 5) is 7.26. The normalized spacial score (nSPS) is 23.7. The van der Waals surface area contributed by atoms with E-state index >= 15 is 0 Å². The lowest BCUT2D eigenvalue weighted by Crippen LogP contribution is -2.35. The quantitative estimate of drug-likeness (QED) is 0.848. The third kappa shape index (κ3) is 2.30. The van der Waals surface area contributed by atoms with E-state index < -0.39 is 0 Å². The summed E-state index contributed by atoms with van der Waals surface area (Å²) >= 11 is 7.19. The van der Waals surface area contributed by atoms with Gasteiger partial charge in [-0.25, -0.2) is 14.2 Å². The standard InChI is InChI=1S/C12H13ClFN3S/c13-17-9-3-1-2-8(9)15-12-16-10-5-4-7(14)6-11(10)18-12/h4-6,8-9,17H,1-3H2,(H,15,16)/t8-,9-/m0/s1. The maximum absolute atomic E-state index is 13.1. The van der Waals surface area contributed by atoms with Crippen LogP contribution in [0.4, 0.5) is 9.52 Å². The van der Waals surface area contributed by atoms with Crippen molar-refractivity contribution >= 4 is 38.5 Å². The Labute approximate surface area is 113 Å². The SMILES string of the molecule is Fc1ccc2nc(N[C@H]3CCC[C@@H]3NCl)sc2c1. The van der Waals surface area contributed by atoms with Crippen LogP contribution in [-0.2, 0) is 0 Å². The van der Waals surface area contributed by atoms with E-state index in [0.717, 1.165) is 34.6 Å². The zero-order valence-corrected chi connectivity index (χ0v) is 11.2. The third-order valence-corrected chi connectivity index (χ3v) is 4.55. The molecule has 2 aromatic rings. The van der Waals surface area contributed by atoms with Gasteiger partial charge in [-0.3, -0.25) is 0 Å². The van der Waals surface area contributed by atoms with Crippen molar-refractivity contribution in [3.8, 4) is 0 Å². The fourth-order valence-electron chi connectivity index (χ4n) is 2.38. The highest BCUT2D eigenvalue weighted by Gasteiger charge is 2.27. The van der Waals surface area contributed by atoms with Crippen molar-refractivity contribution in [2.75, 3.05) is 5.32 Å². The number of nitrogens with zero attached hydrogens (tertiary/aromatic N) is 1. The van der Waals surface area contributed by atoms with Gasteiger partial charge in [-0.15, -0.1) is 0 Å². The predicted octanol–water partition coefficient (Wildman–Crippen LogP) is 3.51. The van der Waals surface area contributed by atoms with Crippen molar-refractivity contribution in [3.05, 3.63) is 24.0 Å². The Morgan fingerprint density at radius 2 is 2.17 bits per heavy atom. The number of hydrogen-bond donors (Lipinski definition) is 2. The molecule has 0 spiro atoms. The Morgan fingerprint density at radius 3 is 3.00 bits per heavy atom. The molecule has 1 aromatic heterocycles. The monoisotopic (exact) mass is 285 g/mol. The first kappa shape index (κ1) is 12.1. The summed E-state index contributed by atoms with van der Waals surface area (Å²) in [5.74, 6) is -0.223. The minimum absolute atomic E-state index is 0.223. The van der Waals surface area contributed by atoms with Crippen molar-refractivity contribution in [1.82, 2.24) is 9.82 Å². The van der Waals surface area contributed by atoms with Crippen LogP contribution in [0.1, 0.15) is 19.3 Å². The Balaban J connectivity index is 1.82. The summed E-state index contributed by atoms with van der Waals surface area (Å²) in [5, 5.41) is 4.22. The highest BCUT2D eigenvalue weighted by Crippen LogP contribution is 2.30. The summed E-state index contributed by atoms with van der Waals surface area (Å²) in [5.41, 5.74) is 0.831. The molecule has 3 nitrogen and oxygen atoms in total. The van der Waals surface area contributed by atoms with E-state index in [2.05, 4.69) is 15.1 Å². The summed E-state index contributed by atoms with van der Waals surface area (Å²) < 4.78 is 14.0. The van der Waals surface area contributed by atoms with Crippen molar-refractivity contribution in [2.24, 2.45) is 0 Å². The largest absolute Gasteiger partial charge is 0.357 e. The maximum Gasteiger partial charge on any atom is 0.184 e. The second-order valence-electron chi connectivity index (χ2n) is 4.53. The molecule has 1 aromatic carbocycles. The van der Waals surface area contributed by atoms with Crippen LogP contribution in [0, 0.1) is 5.82 Å². The van der Waals surface area contributed by atoms with Gasteiger partial charge in [0.2, 0.25) is 0 Å². The first-order valence-corrected chi connectivity index (χ1v) is 7.14. The summed E-state index contributed by atoms with van der Waals surface area (Å²) in [7, 11) is 0. The molecular weight excluding hydrogens is 273 g/mol. The van der Waals surface area contributed by atoms with Crippen LogP contribution in [0.2, 0.25) is 0 Å². The fourth-order valence-corrected chi connectivity index (χ4v) is 3.60. The van der Waals surface area contributed by atoms with Gasteiger partial charge < -0.3 is 5.32 Å². The number of hydrogen-bond acceptors (Lipinski definition) is 4. The molecule has 0 radical (unpaired) electrons. The molecule has 1 heterocycles. The molecule has 0 saturated heterocycles. The van der Waals surface area contributed by atoms with E-state index in [4.69, 9.17) is 11.8 Å². The van der Waals surface area contributed by atoms with E-state index in [0.29, 0.717) is 6.04 Å². The molecule has 0 aliphatic heterocycles. The van der Waals surface area contributed by atoms with Crippen LogP contribution in [0.3, 0.4) is 0 Å². The zero-order chi connectivity index (χ0) is 12.5. The van der Waals surface area contributed by atoms with Crippen LogP contribution in [0.15, 0.2) is 18.2 Å². The number of rotatable bonds is 3. The number of anilines is 1. The molecule has 96 valence electrons. The second kappa shape index (κ2) is 4.99. The average Bonchev–Trinajstić information content (AvgIpc) is 2.94. The molecule has 1 saturated carbocycles. The van der Waals surface area contributed by atoms with E-state index in [1.807, 2.05) is 0 Å². The predicted molar refractivity (Wildman–Crippen MR) is 73.6 cm³/mol. The van der Waals surface area contributed by atoms with Gasteiger partial charge in [0.1, 0.15) is 5.82 Å². The summed E-state index contributed by atoms with van der Waals surface area (Å²) in [6.45, 7) is 0. The minimum Gasteiger partial charge on any atom is -0.357 e. The van der Waals surface area contributed by atoms with Crippen LogP contribution >= 0.6 is 23.1 Å². The van der Waals surface area contributed by atoms with E-state index in [1.165, 1.54) is 23.5 Å². The average molecular weight is 286 g/mol. The van der Waals surface area contributed by atoms with Crippen molar-refractivity contribution in [3.63, 3.8) is 0 Å². The molecule has 2 N–H and O–H groups in total. The molecular formula is C12H13ClFN3S. The number of nitrogens with one attached hydrogen (secondary N) is 2. The number of halogens is 2. The van der Waals surface area contributed by atoms with Gasteiger partial charge in [0.05, 0.1) is 10.2 Å². The molecule has 3 rings (SSSR count). The number of fused-ring (bicyclic) bond motifs is 1. The molecule has 2 atom stereocenters. The van der Waals surface area contributed by atoms with Crippen LogP contribution in [0.5, 0.6) is 0 Å². The third-order valence-electron chi connectivity index (χ3n) is 3.32. The molecule has 1 aliphatic rings. The fraction of sp³-hybridized carbons (Fsp3) is 0.417. The van der Waals surface area contributed by atoms with Gasteiger partial charge >= 0.3 is 0 Å². The van der Waals surface area contributed by atoms with E-state index in [1.54, 1.807) is 6.07 Å². The van der Waals surface area contributed by atoms with E-state index in [-0.39, 0.29) is 11.9 Å². The Morgan fingerprint density at radius 1 is 1.33 bits per heavy atom. The summed E-state index contributed by atoms with van der Waals surface area (Å²) in [6.07, 6.45) is 3.30. The van der Waals surface area contributed by atoms with Crippen molar-refractivity contribution in [2.45, 2.75) is 31.3 Å². The second-order valence-corrected chi connectivity index (χ2v) is 5.78. The molecule has 0 bridgehead atoms. The van der Waals surface area contributed by atoms with Crippen LogP contribution in [0.25, 0.3) is 10.2 Å². The van der Waals surface area contributed by atoms with Gasteiger partial charge in [-0.1, -0.05) is 11.3 Å². The molecule has 18 heavy (non-hydrogen) atoms. The van der Waals surface area contributed by atoms with Crippen LogP contribution < -0.4 is 10.2 Å². The number of thiazole rings is 1. The smallest absolute Gasteiger partial charge is 0.184 e. The van der Waals surface area contributed by atoms with Crippen molar-refractivity contribution in [1.29, 1.82) is 0 Å². The number of benzene rings is 1. The van der Waals surface area contributed by atoms with Gasteiger partial charge in [-0.05, 0) is 49.2 Å². The maximum atomic E-state index is 13.1. The minimum atomic E-state index is -0.223. The Kier molecular flexibility index (Phi) is 3.37. The first-order chi connectivity index (χ1) is 8.76. The molecule has 0 unspecified atom stereocenters. The zero-order valence-electron chi connectivity index (χ0n) is 9.62. The van der Waals surface area contributed by atoms with Gasteiger partial charge in [-0.2, -0.15) is 0 Å². The number of aromatic nitrogens is 1. The lowest BCUT2D eigenvalue weighted by atomic mass is 10.2. The molecule has 1 fully saturated rings. The van der Waals surface area contributed by atoms with Gasteiger partial charge in [0, 0.05) is 12.1 Å². The highest BCUT2D eigenvalue weighted by atomic mass is 35.5. The lowest BCUT2D eigenvalue weighted by Gasteiger charge is -2.18. The van der Waals surface area contributed by atoms with Gasteiger partial charge in [0.25, 0.3) is 0 Å². The molecule has 6 heteroatoms. The van der Waals surface area contributed by atoms with E-state index in [9.17, 15) is 4.39 Å². The van der Waals surface area contributed by atoms with Crippen molar-refractivity contribution < 1.29 is 4.39 Å². The lowest BCUT2D eigenvalue weighted by molar-refractivity contribution is 0.595. The van der Waals surface area contributed by atoms with Gasteiger partial charge in [0.15, 0.2) is 5.13 Å². The first-order valence-electron chi connectivity index (χ1n) is 5.95. The molecule has 0 amide bonds. The summed E-state index contributed by atoms with van der Waals surface area (Å²) in [6, 6.07) is 5.23. The highest BCUT2D eigenvalue weighted by molar-refractivity contribution is 7.22. The Hall–Kier alpha value is -0.910. The topological polar surface area (TPSA) is 37.0 Å². The Bertz CT molecular complexity index is 559.